The Morgan fingerprint density at radius 2 is 2.39 bits per heavy atom. The average Bonchev–Trinajstić information content (AvgIpc) is 2.83. The first-order valence-electron chi connectivity index (χ1n) is 5.89. The van der Waals surface area contributed by atoms with Gasteiger partial charge in [0.05, 0.1) is 4.88 Å². The summed E-state index contributed by atoms with van der Waals surface area (Å²) in [6.45, 7) is 5.42. The Labute approximate surface area is 110 Å². The van der Waals surface area contributed by atoms with E-state index in [9.17, 15) is 9.59 Å². The van der Waals surface area contributed by atoms with Crippen LogP contribution in [0.15, 0.2) is 6.07 Å². The fourth-order valence-corrected chi connectivity index (χ4v) is 3.13. The highest BCUT2D eigenvalue weighted by atomic mass is 32.1. The van der Waals surface area contributed by atoms with Gasteiger partial charge in [-0.3, -0.25) is 15.0 Å². The van der Waals surface area contributed by atoms with Crippen molar-refractivity contribution in [3.63, 3.8) is 0 Å². The van der Waals surface area contributed by atoms with E-state index in [1.54, 1.807) is 0 Å². The van der Waals surface area contributed by atoms with Crippen LogP contribution in [-0.4, -0.2) is 23.3 Å². The van der Waals surface area contributed by atoms with Gasteiger partial charge in [0.1, 0.15) is 0 Å². The standard InChI is InChI=1S/C12H17N3O2S/c1-7-3-11(16)15(5-7)6-9-4-10(12(17)14-13)18-8(9)2/h4,7H,3,5-6,13H2,1-2H3,(H,14,17). The van der Waals surface area contributed by atoms with Crippen LogP contribution in [0.4, 0.5) is 0 Å². The summed E-state index contributed by atoms with van der Waals surface area (Å²) in [6, 6.07) is 1.82. The molecule has 0 aromatic carbocycles. The number of aryl methyl sites for hydroxylation is 1. The summed E-state index contributed by atoms with van der Waals surface area (Å²) >= 11 is 1.40. The van der Waals surface area contributed by atoms with Crippen LogP contribution in [0.1, 0.15) is 33.5 Å². The third-order valence-electron chi connectivity index (χ3n) is 3.14. The molecule has 0 saturated carbocycles. The predicted molar refractivity (Wildman–Crippen MR) is 69.9 cm³/mol. The highest BCUT2D eigenvalue weighted by Crippen LogP contribution is 2.25. The molecular weight excluding hydrogens is 250 g/mol. The van der Waals surface area contributed by atoms with Crippen LogP contribution >= 0.6 is 11.3 Å². The maximum atomic E-state index is 11.7. The van der Waals surface area contributed by atoms with Gasteiger partial charge >= 0.3 is 0 Å². The molecule has 6 heteroatoms. The lowest BCUT2D eigenvalue weighted by atomic mass is 10.2. The van der Waals surface area contributed by atoms with E-state index in [0.717, 1.165) is 17.0 Å². The molecule has 1 aromatic heterocycles. The van der Waals surface area contributed by atoms with E-state index in [2.05, 4.69) is 12.3 Å². The van der Waals surface area contributed by atoms with Gasteiger partial charge < -0.3 is 4.90 Å². The highest BCUT2D eigenvalue weighted by molar-refractivity contribution is 7.14. The molecule has 2 amide bonds. The van der Waals surface area contributed by atoms with E-state index in [4.69, 9.17) is 5.84 Å². The van der Waals surface area contributed by atoms with Gasteiger partial charge in [-0.2, -0.15) is 0 Å². The van der Waals surface area contributed by atoms with Crippen LogP contribution in [0, 0.1) is 12.8 Å². The van der Waals surface area contributed by atoms with Crippen molar-refractivity contribution >= 4 is 23.2 Å². The summed E-state index contributed by atoms with van der Waals surface area (Å²) in [6.07, 6.45) is 0.624. The fraction of sp³-hybridized carbons (Fsp3) is 0.500. The first kappa shape index (κ1) is 13.0. The zero-order valence-corrected chi connectivity index (χ0v) is 11.3. The second kappa shape index (κ2) is 5.07. The van der Waals surface area contributed by atoms with Crippen molar-refractivity contribution in [3.8, 4) is 0 Å². The van der Waals surface area contributed by atoms with Crippen LogP contribution < -0.4 is 11.3 Å². The SMILES string of the molecule is Cc1sc(C(=O)NN)cc1CN1CC(C)CC1=O. The Balaban J connectivity index is 2.12. The zero-order valence-electron chi connectivity index (χ0n) is 10.5. The molecule has 1 aliphatic heterocycles. The van der Waals surface area contributed by atoms with Crippen molar-refractivity contribution in [3.05, 3.63) is 21.4 Å². The molecule has 5 nitrogen and oxygen atoms in total. The van der Waals surface area contributed by atoms with Crippen molar-refractivity contribution in [1.29, 1.82) is 0 Å². The van der Waals surface area contributed by atoms with E-state index in [1.807, 2.05) is 17.9 Å². The molecule has 18 heavy (non-hydrogen) atoms. The van der Waals surface area contributed by atoms with Gasteiger partial charge in [0.15, 0.2) is 0 Å². The molecule has 1 aliphatic rings. The number of nitrogens with zero attached hydrogens (tertiary/aromatic N) is 1. The van der Waals surface area contributed by atoms with Gasteiger partial charge in [-0.25, -0.2) is 5.84 Å². The maximum absolute atomic E-state index is 11.7. The summed E-state index contributed by atoms with van der Waals surface area (Å²) in [5, 5.41) is 0. The second-order valence-electron chi connectivity index (χ2n) is 4.75. The number of carbonyl (C=O) groups excluding carboxylic acids is 2. The molecule has 1 saturated heterocycles. The number of nitrogens with two attached hydrogens (primary N) is 1. The van der Waals surface area contributed by atoms with Crippen molar-refractivity contribution in [2.45, 2.75) is 26.8 Å². The van der Waals surface area contributed by atoms with Gasteiger partial charge in [-0.05, 0) is 24.5 Å². The van der Waals surface area contributed by atoms with Crippen molar-refractivity contribution in [2.75, 3.05) is 6.54 Å². The average molecular weight is 267 g/mol. The lowest BCUT2D eigenvalue weighted by molar-refractivity contribution is -0.128. The fourth-order valence-electron chi connectivity index (χ4n) is 2.19. The Bertz CT molecular complexity index is 484. The number of hydrazine groups is 1. The molecule has 1 aromatic rings. The Morgan fingerprint density at radius 3 is 2.94 bits per heavy atom. The molecule has 2 rings (SSSR count). The third-order valence-corrected chi connectivity index (χ3v) is 4.24. The Kier molecular flexibility index (Phi) is 3.68. The normalized spacial score (nSPS) is 19.4. The van der Waals surface area contributed by atoms with Gasteiger partial charge in [0.2, 0.25) is 5.91 Å². The molecule has 98 valence electrons. The van der Waals surface area contributed by atoms with Crippen LogP contribution in [0.25, 0.3) is 0 Å². The van der Waals surface area contributed by atoms with E-state index in [0.29, 0.717) is 23.8 Å². The van der Waals surface area contributed by atoms with Crippen LogP contribution in [0.3, 0.4) is 0 Å². The lowest BCUT2D eigenvalue weighted by Crippen LogP contribution is -2.29. The summed E-state index contributed by atoms with van der Waals surface area (Å²) in [7, 11) is 0. The van der Waals surface area contributed by atoms with E-state index >= 15 is 0 Å². The number of hydrogen-bond donors (Lipinski definition) is 2. The minimum absolute atomic E-state index is 0.193. The molecule has 0 spiro atoms. The number of nitrogens with one attached hydrogen (secondary N) is 1. The van der Waals surface area contributed by atoms with Gasteiger partial charge in [-0.15, -0.1) is 11.3 Å². The number of hydrogen-bond acceptors (Lipinski definition) is 4. The summed E-state index contributed by atoms with van der Waals surface area (Å²) in [5.74, 6) is 5.44. The number of amides is 2. The topological polar surface area (TPSA) is 75.4 Å². The molecule has 0 radical (unpaired) electrons. The first-order chi connectivity index (χ1) is 8.51. The van der Waals surface area contributed by atoms with Gasteiger partial charge in [0, 0.05) is 24.4 Å². The number of thiophene rings is 1. The van der Waals surface area contributed by atoms with Crippen LogP contribution in [-0.2, 0) is 11.3 Å². The number of carbonyl (C=O) groups is 2. The lowest BCUT2D eigenvalue weighted by Gasteiger charge is -2.15. The maximum Gasteiger partial charge on any atom is 0.275 e. The molecule has 0 aliphatic carbocycles. The van der Waals surface area contributed by atoms with E-state index < -0.39 is 0 Å². The van der Waals surface area contributed by atoms with Crippen molar-refractivity contribution in [1.82, 2.24) is 10.3 Å². The smallest absolute Gasteiger partial charge is 0.275 e. The molecule has 1 fully saturated rings. The Morgan fingerprint density at radius 1 is 1.67 bits per heavy atom. The largest absolute Gasteiger partial charge is 0.338 e. The highest BCUT2D eigenvalue weighted by Gasteiger charge is 2.27. The molecular formula is C12H17N3O2S. The zero-order chi connectivity index (χ0) is 13.3. The molecule has 3 N–H and O–H groups in total. The Hall–Kier alpha value is -1.40. The minimum Gasteiger partial charge on any atom is -0.338 e. The van der Waals surface area contributed by atoms with Crippen molar-refractivity contribution < 1.29 is 9.59 Å². The minimum atomic E-state index is -0.282. The molecule has 2 heterocycles. The van der Waals surface area contributed by atoms with Gasteiger partial charge in [0.25, 0.3) is 5.91 Å². The quantitative estimate of drug-likeness (QED) is 0.488. The monoisotopic (exact) mass is 267 g/mol. The molecule has 1 atom stereocenters. The van der Waals surface area contributed by atoms with Crippen LogP contribution in [0.2, 0.25) is 0 Å². The predicted octanol–water partition coefficient (Wildman–Crippen LogP) is 1.03. The van der Waals surface area contributed by atoms with Crippen molar-refractivity contribution in [2.24, 2.45) is 11.8 Å². The molecule has 1 unspecified atom stereocenters. The third kappa shape index (κ3) is 2.54. The van der Waals surface area contributed by atoms with E-state index in [-0.39, 0.29) is 11.8 Å². The summed E-state index contributed by atoms with van der Waals surface area (Å²) in [4.78, 5) is 26.6. The van der Waals surface area contributed by atoms with E-state index in [1.165, 1.54) is 11.3 Å². The summed E-state index contributed by atoms with van der Waals surface area (Å²) in [5.41, 5.74) is 3.15. The molecule has 0 bridgehead atoms. The number of likely N-dealkylation sites (tertiary alicyclic amines) is 1. The summed E-state index contributed by atoms with van der Waals surface area (Å²) < 4.78 is 0. The first-order valence-corrected chi connectivity index (χ1v) is 6.71. The second-order valence-corrected chi connectivity index (χ2v) is 6.01. The number of nitrogen functional groups attached to an aromatic ring is 1. The van der Waals surface area contributed by atoms with Crippen LogP contribution in [0.5, 0.6) is 0 Å². The number of rotatable bonds is 3. The van der Waals surface area contributed by atoms with Gasteiger partial charge in [-0.1, -0.05) is 6.92 Å².